The van der Waals surface area contributed by atoms with Crippen LogP contribution in [0.2, 0.25) is 0 Å². The summed E-state index contributed by atoms with van der Waals surface area (Å²) in [6.07, 6.45) is 1.95. The molecule has 2 heterocycles. The van der Waals surface area contributed by atoms with Crippen molar-refractivity contribution in [2.45, 2.75) is 11.2 Å². The third-order valence-electron chi connectivity index (χ3n) is 3.43. The fourth-order valence-corrected chi connectivity index (χ4v) is 3.15. The number of thioether (sulfide) groups is 1. The van der Waals surface area contributed by atoms with Crippen LogP contribution in [0.4, 0.5) is 5.82 Å². The molecule has 0 aliphatic carbocycles. The highest BCUT2D eigenvalue weighted by Gasteiger charge is 2.29. The molecule has 0 fully saturated rings. The average molecular weight is 273 g/mol. The molecule has 0 radical (unpaired) electrons. The van der Waals surface area contributed by atoms with E-state index in [1.807, 2.05) is 31.5 Å². The van der Waals surface area contributed by atoms with Gasteiger partial charge >= 0.3 is 0 Å². The fourth-order valence-electron chi connectivity index (χ4n) is 2.55. The maximum absolute atomic E-state index is 11.6. The molecule has 2 aromatic rings. The van der Waals surface area contributed by atoms with Gasteiger partial charge in [0, 0.05) is 19.7 Å². The lowest BCUT2D eigenvalue weighted by Crippen LogP contribution is -2.16. The number of hydrogen-bond donors (Lipinski definition) is 0. The maximum Gasteiger partial charge on any atom is 0.275 e. The van der Waals surface area contributed by atoms with Gasteiger partial charge in [0.2, 0.25) is 0 Å². The van der Waals surface area contributed by atoms with Crippen molar-refractivity contribution >= 4 is 17.6 Å². The van der Waals surface area contributed by atoms with E-state index in [0.717, 1.165) is 17.5 Å². The van der Waals surface area contributed by atoms with Gasteiger partial charge in [0.15, 0.2) is 5.16 Å². The van der Waals surface area contributed by atoms with Crippen LogP contribution < -0.4 is 10.5 Å². The van der Waals surface area contributed by atoms with E-state index in [-0.39, 0.29) is 11.6 Å². The van der Waals surface area contributed by atoms with Crippen LogP contribution in [0.5, 0.6) is 0 Å². The Hall–Kier alpha value is -1.75. The monoisotopic (exact) mass is 273 g/mol. The standard InChI is InChI=1S/C14H15N3OS/c1-16-9-11(10-6-4-3-5-7-10)17-13(16)8-12(18)15-14(17)19-2/h3-8,11H,9H2,1-2H3. The molecule has 0 spiro atoms. The summed E-state index contributed by atoms with van der Waals surface area (Å²) in [5.74, 6) is 0.943. The second kappa shape index (κ2) is 4.74. The Morgan fingerprint density at radius 3 is 2.74 bits per heavy atom. The van der Waals surface area contributed by atoms with Crippen LogP contribution >= 0.6 is 11.8 Å². The molecular formula is C14H15N3OS. The van der Waals surface area contributed by atoms with Crippen molar-refractivity contribution in [3.63, 3.8) is 0 Å². The van der Waals surface area contributed by atoms with Crippen LogP contribution in [0.3, 0.4) is 0 Å². The highest BCUT2D eigenvalue weighted by molar-refractivity contribution is 7.98. The molecule has 1 atom stereocenters. The number of anilines is 1. The van der Waals surface area contributed by atoms with E-state index in [1.54, 1.807) is 6.07 Å². The summed E-state index contributed by atoms with van der Waals surface area (Å²) < 4.78 is 2.15. The molecule has 0 saturated heterocycles. The lowest BCUT2D eigenvalue weighted by atomic mass is 10.1. The Labute approximate surface area is 116 Å². The fraction of sp³-hybridized carbons (Fsp3) is 0.286. The SMILES string of the molecule is CSc1nc(=O)cc2n1C(c1ccccc1)CN2C. The highest BCUT2D eigenvalue weighted by atomic mass is 32.2. The molecule has 0 saturated carbocycles. The molecule has 0 bridgehead atoms. The number of rotatable bonds is 2. The summed E-state index contributed by atoms with van der Waals surface area (Å²) in [4.78, 5) is 17.9. The Kier molecular flexibility index (Phi) is 3.06. The lowest BCUT2D eigenvalue weighted by Gasteiger charge is -2.16. The normalized spacial score (nSPS) is 17.6. The zero-order valence-electron chi connectivity index (χ0n) is 10.9. The number of hydrogen-bond acceptors (Lipinski definition) is 4. The zero-order chi connectivity index (χ0) is 13.4. The predicted octanol–water partition coefficient (Wildman–Crippen LogP) is 2.00. The van der Waals surface area contributed by atoms with Crippen molar-refractivity contribution < 1.29 is 0 Å². The minimum Gasteiger partial charge on any atom is -0.358 e. The number of aromatic nitrogens is 2. The molecule has 1 aromatic heterocycles. The van der Waals surface area contributed by atoms with Gasteiger partial charge in [0.05, 0.1) is 6.04 Å². The Morgan fingerprint density at radius 1 is 1.32 bits per heavy atom. The van der Waals surface area contributed by atoms with Gasteiger partial charge in [-0.15, -0.1) is 0 Å². The second-order valence-corrected chi connectivity index (χ2v) is 5.39. The molecule has 1 aromatic carbocycles. The topological polar surface area (TPSA) is 38.1 Å². The summed E-state index contributed by atoms with van der Waals surface area (Å²) in [7, 11) is 2.01. The Bertz CT molecular complexity index is 653. The van der Waals surface area contributed by atoms with Gasteiger partial charge in [-0.2, -0.15) is 4.98 Å². The van der Waals surface area contributed by atoms with E-state index in [2.05, 4.69) is 26.6 Å². The first-order valence-electron chi connectivity index (χ1n) is 6.14. The van der Waals surface area contributed by atoms with Gasteiger partial charge < -0.3 is 4.90 Å². The van der Waals surface area contributed by atoms with Crippen molar-refractivity contribution in [3.05, 3.63) is 52.3 Å². The Balaban J connectivity index is 2.18. The molecule has 1 aliphatic heterocycles. The number of benzene rings is 1. The van der Waals surface area contributed by atoms with E-state index < -0.39 is 0 Å². The molecular weight excluding hydrogens is 258 g/mol. The number of likely N-dealkylation sites (N-methyl/N-ethyl adjacent to an activating group) is 1. The minimum absolute atomic E-state index is 0.170. The van der Waals surface area contributed by atoms with Gasteiger partial charge in [-0.1, -0.05) is 42.1 Å². The van der Waals surface area contributed by atoms with Crippen LogP contribution in [-0.2, 0) is 0 Å². The molecule has 5 heteroatoms. The summed E-state index contributed by atoms with van der Waals surface area (Å²) in [6, 6.07) is 12.2. The van der Waals surface area contributed by atoms with E-state index in [9.17, 15) is 4.79 Å². The smallest absolute Gasteiger partial charge is 0.275 e. The van der Waals surface area contributed by atoms with Crippen molar-refractivity contribution in [3.8, 4) is 0 Å². The lowest BCUT2D eigenvalue weighted by molar-refractivity contribution is 0.586. The summed E-state index contributed by atoms with van der Waals surface area (Å²) in [6.45, 7) is 0.864. The van der Waals surface area contributed by atoms with Gasteiger partial charge in [0.25, 0.3) is 5.56 Å². The van der Waals surface area contributed by atoms with Crippen molar-refractivity contribution in [2.24, 2.45) is 0 Å². The largest absolute Gasteiger partial charge is 0.358 e. The molecule has 19 heavy (non-hydrogen) atoms. The molecule has 0 amide bonds. The quantitative estimate of drug-likeness (QED) is 0.619. The van der Waals surface area contributed by atoms with Crippen LogP contribution in [0, 0.1) is 0 Å². The molecule has 3 rings (SSSR count). The van der Waals surface area contributed by atoms with Gasteiger partial charge in [0.1, 0.15) is 5.82 Å². The van der Waals surface area contributed by atoms with Crippen molar-refractivity contribution in [2.75, 3.05) is 24.7 Å². The third kappa shape index (κ3) is 2.04. The van der Waals surface area contributed by atoms with E-state index in [1.165, 1.54) is 17.3 Å². The average Bonchev–Trinajstić information content (AvgIpc) is 2.76. The molecule has 4 nitrogen and oxygen atoms in total. The van der Waals surface area contributed by atoms with Crippen LogP contribution in [0.15, 0.2) is 46.3 Å². The first kappa shape index (κ1) is 12.3. The number of fused-ring (bicyclic) bond motifs is 1. The van der Waals surface area contributed by atoms with Crippen molar-refractivity contribution in [1.29, 1.82) is 0 Å². The van der Waals surface area contributed by atoms with E-state index in [4.69, 9.17) is 0 Å². The Morgan fingerprint density at radius 2 is 2.05 bits per heavy atom. The molecule has 1 unspecified atom stereocenters. The molecule has 0 N–H and O–H groups in total. The third-order valence-corrected chi connectivity index (χ3v) is 4.08. The van der Waals surface area contributed by atoms with Gasteiger partial charge in [-0.25, -0.2) is 0 Å². The first-order valence-corrected chi connectivity index (χ1v) is 7.37. The summed E-state index contributed by atoms with van der Waals surface area (Å²) >= 11 is 1.51. The van der Waals surface area contributed by atoms with Crippen LogP contribution in [-0.4, -0.2) is 29.4 Å². The van der Waals surface area contributed by atoms with E-state index >= 15 is 0 Å². The minimum atomic E-state index is -0.170. The van der Waals surface area contributed by atoms with E-state index in [0.29, 0.717) is 0 Å². The van der Waals surface area contributed by atoms with Crippen LogP contribution in [0.25, 0.3) is 0 Å². The van der Waals surface area contributed by atoms with Gasteiger partial charge in [-0.3, -0.25) is 9.36 Å². The second-order valence-electron chi connectivity index (χ2n) is 4.62. The molecule has 1 aliphatic rings. The van der Waals surface area contributed by atoms with Crippen LogP contribution in [0.1, 0.15) is 11.6 Å². The summed E-state index contributed by atoms with van der Waals surface area (Å²) in [5.41, 5.74) is 1.07. The van der Waals surface area contributed by atoms with Gasteiger partial charge in [-0.05, 0) is 11.8 Å². The summed E-state index contributed by atoms with van der Waals surface area (Å²) in [5, 5.41) is 0.778. The zero-order valence-corrected chi connectivity index (χ0v) is 11.7. The molecule has 98 valence electrons. The highest BCUT2D eigenvalue weighted by Crippen LogP contribution is 2.34. The number of nitrogens with zero attached hydrogens (tertiary/aromatic N) is 3. The van der Waals surface area contributed by atoms with Crippen molar-refractivity contribution in [1.82, 2.24) is 9.55 Å². The first-order chi connectivity index (χ1) is 9.20. The predicted molar refractivity (Wildman–Crippen MR) is 78.1 cm³/mol. The maximum atomic E-state index is 11.6.